The molecule has 4 aromatic rings. The summed E-state index contributed by atoms with van der Waals surface area (Å²) in [5.74, 6) is 1.48. The third kappa shape index (κ3) is 4.62. The van der Waals surface area contributed by atoms with Gasteiger partial charge in [0.1, 0.15) is 11.5 Å². The van der Waals surface area contributed by atoms with Gasteiger partial charge in [-0.15, -0.1) is 10.2 Å². The summed E-state index contributed by atoms with van der Waals surface area (Å²) in [5, 5.41) is 11.2. The van der Waals surface area contributed by atoms with E-state index in [4.69, 9.17) is 9.47 Å². The number of ether oxygens (including phenoxy) is 2. The van der Waals surface area contributed by atoms with Crippen molar-refractivity contribution in [2.24, 2.45) is 0 Å². The maximum Gasteiger partial charge on any atom is 0.255 e. The SMILES string of the molecule is COc1cccc(Oc2ccc(-c3cccc(C(=O)Nc4ccccc4)c3)nn2)c1. The van der Waals surface area contributed by atoms with Gasteiger partial charge in [-0.2, -0.15) is 0 Å². The summed E-state index contributed by atoms with van der Waals surface area (Å²) in [5.41, 5.74) is 2.71. The maximum absolute atomic E-state index is 12.5. The number of amides is 1. The van der Waals surface area contributed by atoms with Crippen molar-refractivity contribution in [2.75, 3.05) is 12.4 Å². The highest BCUT2D eigenvalue weighted by molar-refractivity contribution is 6.04. The maximum atomic E-state index is 12.5. The second kappa shape index (κ2) is 8.87. The molecule has 0 radical (unpaired) electrons. The van der Waals surface area contributed by atoms with Crippen LogP contribution >= 0.6 is 0 Å². The molecule has 0 aliphatic carbocycles. The molecule has 0 unspecified atom stereocenters. The smallest absolute Gasteiger partial charge is 0.255 e. The Bertz CT molecular complexity index is 1150. The molecule has 6 heteroatoms. The first-order chi connectivity index (χ1) is 14.7. The topological polar surface area (TPSA) is 73.3 Å². The Morgan fingerprint density at radius 3 is 2.37 bits per heavy atom. The number of methoxy groups -OCH3 is 1. The highest BCUT2D eigenvalue weighted by Crippen LogP contribution is 2.25. The average Bonchev–Trinajstić information content (AvgIpc) is 2.80. The van der Waals surface area contributed by atoms with Gasteiger partial charge in [0, 0.05) is 28.9 Å². The molecule has 0 aliphatic rings. The van der Waals surface area contributed by atoms with Crippen molar-refractivity contribution in [2.45, 2.75) is 0 Å². The zero-order valence-electron chi connectivity index (χ0n) is 16.3. The minimum absolute atomic E-state index is 0.186. The largest absolute Gasteiger partial charge is 0.497 e. The number of carbonyl (C=O) groups excluding carboxylic acids is 1. The summed E-state index contributed by atoms with van der Waals surface area (Å²) >= 11 is 0. The summed E-state index contributed by atoms with van der Waals surface area (Å²) in [4.78, 5) is 12.5. The van der Waals surface area contributed by atoms with Crippen LogP contribution in [0.3, 0.4) is 0 Å². The molecule has 30 heavy (non-hydrogen) atoms. The van der Waals surface area contributed by atoms with Gasteiger partial charge in [0.15, 0.2) is 0 Å². The summed E-state index contributed by atoms with van der Waals surface area (Å²) in [7, 11) is 1.60. The predicted molar refractivity (Wildman–Crippen MR) is 115 cm³/mol. The van der Waals surface area contributed by atoms with Crippen molar-refractivity contribution >= 4 is 11.6 Å². The second-order valence-corrected chi connectivity index (χ2v) is 6.44. The molecule has 1 aromatic heterocycles. The van der Waals surface area contributed by atoms with Gasteiger partial charge in [0.05, 0.1) is 12.8 Å². The number of aromatic nitrogens is 2. The fraction of sp³-hybridized carbons (Fsp3) is 0.0417. The molecule has 6 nitrogen and oxygen atoms in total. The lowest BCUT2D eigenvalue weighted by molar-refractivity contribution is 0.102. The number of nitrogens with one attached hydrogen (secondary N) is 1. The van der Waals surface area contributed by atoms with E-state index >= 15 is 0 Å². The average molecular weight is 397 g/mol. The van der Waals surface area contributed by atoms with Crippen molar-refractivity contribution in [3.63, 3.8) is 0 Å². The van der Waals surface area contributed by atoms with Gasteiger partial charge in [-0.05, 0) is 42.5 Å². The molecule has 4 rings (SSSR count). The summed E-state index contributed by atoms with van der Waals surface area (Å²) in [6, 6.07) is 27.4. The van der Waals surface area contributed by atoms with Crippen LogP contribution < -0.4 is 14.8 Å². The van der Waals surface area contributed by atoms with Gasteiger partial charge in [0.25, 0.3) is 5.91 Å². The first kappa shape index (κ1) is 19.1. The molecule has 148 valence electrons. The van der Waals surface area contributed by atoms with E-state index in [2.05, 4.69) is 15.5 Å². The van der Waals surface area contributed by atoms with Gasteiger partial charge >= 0.3 is 0 Å². The number of benzene rings is 3. The quantitative estimate of drug-likeness (QED) is 0.484. The van der Waals surface area contributed by atoms with E-state index in [0.29, 0.717) is 28.6 Å². The van der Waals surface area contributed by atoms with Crippen LogP contribution in [0.4, 0.5) is 5.69 Å². The van der Waals surface area contributed by atoms with E-state index in [0.717, 1.165) is 11.3 Å². The molecule has 1 N–H and O–H groups in total. The van der Waals surface area contributed by atoms with E-state index < -0.39 is 0 Å². The standard InChI is InChI=1S/C24H19N3O3/c1-29-20-11-6-12-21(16-20)30-23-14-13-22(26-27-23)17-7-5-8-18(15-17)24(28)25-19-9-3-2-4-10-19/h2-16H,1H3,(H,25,28). The van der Waals surface area contributed by atoms with Crippen molar-refractivity contribution < 1.29 is 14.3 Å². The molecule has 0 fully saturated rings. The van der Waals surface area contributed by atoms with Crippen LogP contribution in [0.15, 0.2) is 91.0 Å². The monoisotopic (exact) mass is 397 g/mol. The molecule has 1 amide bonds. The number of hydrogen-bond acceptors (Lipinski definition) is 5. The third-order valence-electron chi connectivity index (χ3n) is 4.36. The summed E-state index contributed by atoms with van der Waals surface area (Å²) < 4.78 is 10.9. The summed E-state index contributed by atoms with van der Waals surface area (Å²) in [6.45, 7) is 0. The Morgan fingerprint density at radius 1 is 0.800 bits per heavy atom. The number of rotatable bonds is 6. The van der Waals surface area contributed by atoms with Crippen LogP contribution in [0, 0.1) is 0 Å². The number of para-hydroxylation sites is 1. The molecular weight excluding hydrogens is 378 g/mol. The molecule has 0 aliphatic heterocycles. The molecule has 0 atom stereocenters. The van der Waals surface area contributed by atoms with Gasteiger partial charge in [-0.25, -0.2) is 0 Å². The van der Waals surface area contributed by atoms with E-state index in [9.17, 15) is 4.79 Å². The number of carbonyl (C=O) groups is 1. The Balaban J connectivity index is 1.49. The molecule has 3 aromatic carbocycles. The van der Waals surface area contributed by atoms with Crippen molar-refractivity contribution in [1.29, 1.82) is 0 Å². The zero-order valence-corrected chi connectivity index (χ0v) is 16.3. The Labute approximate surface area is 174 Å². The molecule has 1 heterocycles. The van der Waals surface area contributed by atoms with Crippen molar-refractivity contribution in [3.8, 4) is 28.6 Å². The first-order valence-corrected chi connectivity index (χ1v) is 9.34. The lowest BCUT2D eigenvalue weighted by Crippen LogP contribution is -2.11. The molecule has 0 bridgehead atoms. The van der Waals surface area contributed by atoms with E-state index in [1.54, 1.807) is 37.4 Å². The van der Waals surface area contributed by atoms with Gasteiger partial charge < -0.3 is 14.8 Å². The third-order valence-corrected chi connectivity index (χ3v) is 4.36. The van der Waals surface area contributed by atoms with Gasteiger partial charge in [0.2, 0.25) is 5.88 Å². The Kier molecular flexibility index (Phi) is 5.66. The minimum atomic E-state index is -0.186. The van der Waals surface area contributed by atoms with Crippen LogP contribution in [-0.4, -0.2) is 23.2 Å². The highest BCUT2D eigenvalue weighted by Gasteiger charge is 2.09. The lowest BCUT2D eigenvalue weighted by Gasteiger charge is -2.08. The van der Waals surface area contributed by atoms with Crippen LogP contribution in [0.5, 0.6) is 17.4 Å². The number of hydrogen-bond donors (Lipinski definition) is 1. The van der Waals surface area contributed by atoms with Gasteiger partial charge in [-0.1, -0.05) is 36.4 Å². The highest BCUT2D eigenvalue weighted by atomic mass is 16.5. The molecule has 0 saturated carbocycles. The van der Waals surface area contributed by atoms with Crippen LogP contribution in [0.2, 0.25) is 0 Å². The van der Waals surface area contributed by atoms with Crippen molar-refractivity contribution in [3.05, 3.63) is 96.6 Å². The number of nitrogens with zero attached hydrogens (tertiary/aromatic N) is 2. The second-order valence-electron chi connectivity index (χ2n) is 6.44. The summed E-state index contributed by atoms with van der Waals surface area (Å²) in [6.07, 6.45) is 0. The predicted octanol–water partition coefficient (Wildman–Crippen LogP) is 5.20. The lowest BCUT2D eigenvalue weighted by atomic mass is 10.1. The Hall–Kier alpha value is -4.19. The minimum Gasteiger partial charge on any atom is -0.497 e. The van der Waals surface area contributed by atoms with E-state index in [-0.39, 0.29) is 5.91 Å². The van der Waals surface area contributed by atoms with Crippen LogP contribution in [0.1, 0.15) is 10.4 Å². The van der Waals surface area contributed by atoms with Gasteiger partial charge in [-0.3, -0.25) is 4.79 Å². The van der Waals surface area contributed by atoms with Crippen molar-refractivity contribution in [1.82, 2.24) is 10.2 Å². The fourth-order valence-electron chi connectivity index (χ4n) is 2.86. The zero-order chi connectivity index (χ0) is 20.8. The fourth-order valence-corrected chi connectivity index (χ4v) is 2.86. The van der Waals surface area contributed by atoms with Crippen LogP contribution in [-0.2, 0) is 0 Å². The molecule has 0 saturated heterocycles. The normalized spacial score (nSPS) is 10.3. The van der Waals surface area contributed by atoms with E-state index in [1.165, 1.54) is 0 Å². The molecule has 0 spiro atoms. The number of anilines is 1. The molecular formula is C24H19N3O3. The first-order valence-electron chi connectivity index (χ1n) is 9.34. The van der Waals surface area contributed by atoms with Crippen LogP contribution in [0.25, 0.3) is 11.3 Å². The van der Waals surface area contributed by atoms with E-state index in [1.807, 2.05) is 60.7 Å². The Morgan fingerprint density at radius 2 is 1.60 bits per heavy atom.